The Bertz CT molecular complexity index is 814. The Morgan fingerprint density at radius 2 is 1.28 bits per heavy atom. The molecule has 0 amide bonds. The number of carbonyl (C=O) groups is 3. The molecule has 0 heterocycles. The summed E-state index contributed by atoms with van der Waals surface area (Å²) in [5.74, 6) is -4.21. The average Bonchev–Trinajstić information content (AvgIpc) is 2.96. The SMILES string of the molecule is CCCCCCCCCCC[C@H](O)[C@H](O)CCC[C@H](C)C[C@H](C)/C=C(\C)C(=O)[C@H](C)C(=O)O[C@@H](CO)[C@@H](O)[C@H](O)C(=O)O. The molecule has 0 aliphatic rings. The Morgan fingerprint density at radius 3 is 1.79 bits per heavy atom. The molecule has 10 nitrogen and oxygen atoms in total. The van der Waals surface area contributed by atoms with Crippen molar-refractivity contribution in [2.24, 2.45) is 17.8 Å². The normalized spacial score (nSPS) is 17.8. The summed E-state index contributed by atoms with van der Waals surface area (Å²) in [7, 11) is 0. The third kappa shape index (κ3) is 17.9. The van der Waals surface area contributed by atoms with Gasteiger partial charge in [0.1, 0.15) is 12.0 Å². The number of ketones is 1. The van der Waals surface area contributed by atoms with Crippen LogP contribution in [-0.4, -0.2) is 85.5 Å². The summed E-state index contributed by atoms with van der Waals surface area (Å²) < 4.78 is 4.92. The highest BCUT2D eigenvalue weighted by Crippen LogP contribution is 2.23. The molecule has 0 aromatic carbocycles. The number of carbonyl (C=O) groups excluding carboxylic acids is 2. The van der Waals surface area contributed by atoms with Crippen molar-refractivity contribution >= 4 is 17.7 Å². The molecule has 0 unspecified atom stereocenters. The fraction of sp³-hybridized carbons (Fsp3) is 0.848. The zero-order valence-electron chi connectivity index (χ0n) is 27.1. The van der Waals surface area contributed by atoms with E-state index in [1.807, 2.05) is 6.92 Å². The minimum Gasteiger partial charge on any atom is -0.479 e. The Labute approximate surface area is 258 Å². The van der Waals surface area contributed by atoms with Crippen LogP contribution in [0.4, 0.5) is 0 Å². The number of aliphatic carboxylic acids is 1. The molecule has 0 bridgehead atoms. The molecule has 6 N–H and O–H groups in total. The van der Waals surface area contributed by atoms with E-state index in [1.165, 1.54) is 51.9 Å². The van der Waals surface area contributed by atoms with E-state index < -0.39 is 60.8 Å². The van der Waals surface area contributed by atoms with E-state index in [-0.39, 0.29) is 5.92 Å². The predicted octanol–water partition coefficient (Wildman–Crippen LogP) is 4.32. The molecule has 0 aromatic heterocycles. The first-order chi connectivity index (χ1) is 20.3. The number of allylic oxidation sites excluding steroid dienone is 2. The van der Waals surface area contributed by atoms with E-state index in [0.717, 1.165) is 32.1 Å². The standard InChI is InChI=1S/C33H60O10/c1-6-7-8-9-10-11-12-13-14-17-26(35)27(36)18-15-16-22(2)19-23(3)20-24(4)29(37)25(5)33(42)43-28(21-34)30(38)31(39)32(40)41/h20,22-23,25-28,30-31,34-36,38-39H,6-19,21H2,1-5H3,(H,40,41)/b24-20+/t22-,23-,25-,26-,27+,28-,30+,31-/m0/s1. The molecule has 0 spiro atoms. The van der Waals surface area contributed by atoms with Gasteiger partial charge in [-0.3, -0.25) is 9.59 Å². The first kappa shape index (κ1) is 41.1. The summed E-state index contributed by atoms with van der Waals surface area (Å²) in [5, 5.41) is 58.1. The second kappa shape index (κ2) is 23.5. The third-order valence-electron chi connectivity index (χ3n) is 8.09. The van der Waals surface area contributed by atoms with E-state index in [1.54, 1.807) is 13.0 Å². The van der Waals surface area contributed by atoms with Gasteiger partial charge in [-0.15, -0.1) is 0 Å². The van der Waals surface area contributed by atoms with E-state index in [2.05, 4.69) is 13.8 Å². The molecule has 252 valence electrons. The topological polar surface area (TPSA) is 182 Å². The van der Waals surface area contributed by atoms with E-state index in [0.29, 0.717) is 24.3 Å². The number of hydrogen-bond donors (Lipinski definition) is 6. The highest BCUT2D eigenvalue weighted by atomic mass is 16.6. The summed E-state index contributed by atoms with van der Waals surface area (Å²) >= 11 is 0. The number of rotatable bonds is 26. The summed E-state index contributed by atoms with van der Waals surface area (Å²) in [6, 6.07) is 0. The predicted molar refractivity (Wildman–Crippen MR) is 165 cm³/mol. The minimum absolute atomic E-state index is 0.0297. The molecule has 0 fully saturated rings. The molecule has 10 heteroatoms. The van der Waals surface area contributed by atoms with Crippen LogP contribution in [0.2, 0.25) is 0 Å². The van der Waals surface area contributed by atoms with Gasteiger partial charge < -0.3 is 35.4 Å². The van der Waals surface area contributed by atoms with Crippen molar-refractivity contribution in [3.05, 3.63) is 11.6 Å². The van der Waals surface area contributed by atoms with Gasteiger partial charge in [-0.1, -0.05) is 97.5 Å². The largest absolute Gasteiger partial charge is 0.479 e. The number of aliphatic hydroxyl groups is 5. The molecular formula is C33H60O10. The van der Waals surface area contributed by atoms with Crippen molar-refractivity contribution in [3.63, 3.8) is 0 Å². The van der Waals surface area contributed by atoms with Gasteiger partial charge in [-0.05, 0) is 50.5 Å². The minimum atomic E-state index is -2.27. The number of hydrogen-bond acceptors (Lipinski definition) is 9. The summed E-state index contributed by atoms with van der Waals surface area (Å²) in [5.41, 5.74) is 0.353. The van der Waals surface area contributed by atoms with Crippen molar-refractivity contribution in [1.29, 1.82) is 0 Å². The Hall–Kier alpha value is -1.85. The van der Waals surface area contributed by atoms with Gasteiger partial charge in [0.25, 0.3) is 0 Å². The van der Waals surface area contributed by atoms with Gasteiger partial charge in [0, 0.05) is 0 Å². The Morgan fingerprint density at radius 1 is 0.767 bits per heavy atom. The van der Waals surface area contributed by atoms with Crippen LogP contribution >= 0.6 is 0 Å². The maximum absolute atomic E-state index is 12.8. The fourth-order valence-corrected chi connectivity index (χ4v) is 5.32. The third-order valence-corrected chi connectivity index (χ3v) is 8.09. The maximum Gasteiger partial charge on any atom is 0.335 e. The number of carboxylic acids is 1. The quantitative estimate of drug-likeness (QED) is 0.0354. The van der Waals surface area contributed by atoms with Crippen LogP contribution in [0, 0.1) is 17.8 Å². The molecule has 0 aliphatic heterocycles. The van der Waals surface area contributed by atoms with Crippen molar-refractivity contribution in [2.45, 2.75) is 155 Å². The fourth-order valence-electron chi connectivity index (χ4n) is 5.32. The van der Waals surface area contributed by atoms with Crippen LogP contribution in [0.15, 0.2) is 11.6 Å². The number of Topliss-reactive ketones (excluding diaryl/α,β-unsaturated/α-hetero) is 1. The lowest BCUT2D eigenvalue weighted by atomic mass is 9.89. The monoisotopic (exact) mass is 616 g/mol. The number of unbranched alkanes of at least 4 members (excludes halogenated alkanes) is 8. The lowest BCUT2D eigenvalue weighted by molar-refractivity contribution is -0.176. The van der Waals surface area contributed by atoms with E-state index in [4.69, 9.17) is 9.84 Å². The smallest absolute Gasteiger partial charge is 0.335 e. The zero-order chi connectivity index (χ0) is 32.9. The number of ether oxygens (including phenoxy) is 1. The molecule has 8 atom stereocenters. The van der Waals surface area contributed by atoms with Gasteiger partial charge in [0.2, 0.25) is 0 Å². The molecule has 0 aromatic rings. The first-order valence-electron chi connectivity index (χ1n) is 16.3. The zero-order valence-corrected chi connectivity index (χ0v) is 27.1. The van der Waals surface area contributed by atoms with Gasteiger partial charge >= 0.3 is 11.9 Å². The molecule has 0 saturated carbocycles. The highest BCUT2D eigenvalue weighted by Gasteiger charge is 2.35. The Kier molecular flexibility index (Phi) is 22.5. The second-order valence-electron chi connectivity index (χ2n) is 12.4. The van der Waals surface area contributed by atoms with Crippen LogP contribution < -0.4 is 0 Å². The molecule has 0 radical (unpaired) electrons. The maximum atomic E-state index is 12.8. The molecule has 0 saturated heterocycles. The summed E-state index contributed by atoms with van der Waals surface area (Å²) in [6.45, 7) is 8.25. The highest BCUT2D eigenvalue weighted by molar-refractivity contribution is 6.07. The van der Waals surface area contributed by atoms with Crippen molar-refractivity contribution in [3.8, 4) is 0 Å². The lowest BCUT2D eigenvalue weighted by Gasteiger charge is -2.24. The number of aliphatic hydroxyl groups excluding tert-OH is 5. The van der Waals surface area contributed by atoms with Crippen LogP contribution in [0.3, 0.4) is 0 Å². The van der Waals surface area contributed by atoms with Crippen molar-refractivity contribution < 1.29 is 49.8 Å². The van der Waals surface area contributed by atoms with Crippen LogP contribution in [-0.2, 0) is 19.1 Å². The Balaban J connectivity index is 4.46. The summed E-state index contributed by atoms with van der Waals surface area (Å²) in [6.07, 6.45) is 8.85. The average molecular weight is 617 g/mol. The molecule has 0 aliphatic carbocycles. The van der Waals surface area contributed by atoms with Gasteiger partial charge in [0.05, 0.1) is 18.8 Å². The molecule has 43 heavy (non-hydrogen) atoms. The van der Waals surface area contributed by atoms with Crippen molar-refractivity contribution in [1.82, 2.24) is 0 Å². The van der Waals surface area contributed by atoms with Gasteiger partial charge in [0.15, 0.2) is 18.0 Å². The van der Waals surface area contributed by atoms with Crippen LogP contribution in [0.1, 0.15) is 125 Å². The number of carboxylic acid groups (broad SMARTS) is 1. The van der Waals surface area contributed by atoms with E-state index >= 15 is 0 Å². The van der Waals surface area contributed by atoms with Crippen molar-refractivity contribution in [2.75, 3.05) is 6.61 Å². The first-order valence-corrected chi connectivity index (χ1v) is 16.3. The molecular weight excluding hydrogens is 556 g/mol. The van der Waals surface area contributed by atoms with Gasteiger partial charge in [-0.25, -0.2) is 4.79 Å². The van der Waals surface area contributed by atoms with Gasteiger partial charge in [-0.2, -0.15) is 0 Å². The lowest BCUT2D eigenvalue weighted by Crippen LogP contribution is -2.46. The van der Waals surface area contributed by atoms with Crippen LogP contribution in [0.5, 0.6) is 0 Å². The van der Waals surface area contributed by atoms with Crippen LogP contribution in [0.25, 0.3) is 0 Å². The van der Waals surface area contributed by atoms with E-state index in [9.17, 15) is 39.9 Å². The summed E-state index contributed by atoms with van der Waals surface area (Å²) in [4.78, 5) is 36.1. The second-order valence-corrected chi connectivity index (χ2v) is 12.4. The molecule has 0 rings (SSSR count). The number of esters is 1.